The fraction of sp³-hybridized carbons (Fsp3) is 0.778. The van der Waals surface area contributed by atoms with Gasteiger partial charge in [0, 0.05) is 51.1 Å². The molecule has 0 aromatic heterocycles. The van der Waals surface area contributed by atoms with Gasteiger partial charge < -0.3 is 26.6 Å². The third-order valence-corrected chi connectivity index (χ3v) is 10.7. The van der Waals surface area contributed by atoms with E-state index in [1.807, 2.05) is 52.9 Å². The van der Waals surface area contributed by atoms with E-state index in [0.717, 1.165) is 11.5 Å². The molecule has 0 heterocycles. The molecule has 166 valence electrons. The molecule has 0 radical (unpaired) electrons. The van der Waals surface area contributed by atoms with Crippen LogP contribution in [-0.2, 0) is 26.6 Å². The van der Waals surface area contributed by atoms with Crippen LogP contribution in [-0.4, -0.2) is 68.8 Å². The van der Waals surface area contributed by atoms with Crippen molar-refractivity contribution in [1.82, 2.24) is 0 Å². The summed E-state index contributed by atoms with van der Waals surface area (Å²) in [7, 11) is -1.84. The smallest absolute Gasteiger partial charge is 0.371 e. The molecule has 10 heteroatoms. The van der Waals surface area contributed by atoms with Crippen molar-refractivity contribution in [1.29, 1.82) is 0 Å². The third-order valence-electron chi connectivity index (χ3n) is 3.13. The lowest BCUT2D eigenvalue weighted by Crippen LogP contribution is -2.44. The number of rotatable bonds is 19. The Hall–Kier alpha value is 0.374. The first-order chi connectivity index (χ1) is 13.6. The summed E-state index contributed by atoms with van der Waals surface area (Å²) < 4.78 is 34.8. The Labute approximate surface area is 181 Å². The van der Waals surface area contributed by atoms with Gasteiger partial charge in [-0.05, 0) is 52.9 Å². The average molecular weight is 471 g/mol. The average Bonchev–Trinajstić information content (AvgIpc) is 2.65. The standard InChI is InChI=1S/C18H38O6S2Si2/c1-7-19-27(20-8-2,21-9-3)17-13-15-25-26-16-14-18-28(22-10-4,23-11-5)24-12-6/h13-14,17-18H,7-12,15-16H2,1-6H3. The second-order valence-electron chi connectivity index (χ2n) is 5.18. The van der Waals surface area contributed by atoms with Crippen molar-refractivity contribution in [2.75, 3.05) is 51.1 Å². The lowest BCUT2D eigenvalue weighted by molar-refractivity contribution is 0.0834. The number of hydrogen-bond donors (Lipinski definition) is 0. The monoisotopic (exact) mass is 470 g/mol. The summed E-state index contributed by atoms with van der Waals surface area (Å²) in [5, 5.41) is 0. The molecule has 28 heavy (non-hydrogen) atoms. The minimum atomic E-state index is -2.68. The zero-order chi connectivity index (χ0) is 21.1. The van der Waals surface area contributed by atoms with Crippen molar-refractivity contribution in [2.45, 2.75) is 41.5 Å². The number of hydrogen-bond acceptors (Lipinski definition) is 8. The van der Waals surface area contributed by atoms with Crippen LogP contribution in [0.2, 0.25) is 0 Å². The summed E-state index contributed by atoms with van der Waals surface area (Å²) in [6, 6.07) is 0. The second kappa shape index (κ2) is 18.2. The van der Waals surface area contributed by atoms with Crippen LogP contribution in [0.5, 0.6) is 0 Å². The van der Waals surface area contributed by atoms with Crippen LogP contribution in [0.1, 0.15) is 41.5 Å². The Morgan fingerprint density at radius 1 is 0.500 bits per heavy atom. The van der Waals surface area contributed by atoms with Crippen molar-refractivity contribution in [3.05, 3.63) is 23.6 Å². The summed E-state index contributed by atoms with van der Waals surface area (Å²) in [5.74, 6) is 1.71. The quantitative estimate of drug-likeness (QED) is 0.154. The minimum Gasteiger partial charge on any atom is -0.371 e. The van der Waals surface area contributed by atoms with E-state index < -0.39 is 17.6 Å². The Morgan fingerprint density at radius 3 is 0.964 bits per heavy atom. The van der Waals surface area contributed by atoms with Crippen LogP contribution in [0.4, 0.5) is 0 Å². The fourth-order valence-corrected chi connectivity index (χ4v) is 8.54. The molecular weight excluding hydrogens is 432 g/mol. The van der Waals surface area contributed by atoms with Gasteiger partial charge in [0.2, 0.25) is 0 Å². The Bertz CT molecular complexity index is 355. The predicted octanol–water partition coefficient (Wildman–Crippen LogP) is 4.66. The van der Waals surface area contributed by atoms with E-state index in [9.17, 15) is 0 Å². The van der Waals surface area contributed by atoms with Crippen LogP contribution in [0.3, 0.4) is 0 Å². The highest BCUT2D eigenvalue weighted by Crippen LogP contribution is 2.23. The molecular formula is C18H38O6S2Si2. The van der Waals surface area contributed by atoms with Crippen LogP contribution in [0, 0.1) is 0 Å². The van der Waals surface area contributed by atoms with Gasteiger partial charge in [-0.3, -0.25) is 0 Å². The van der Waals surface area contributed by atoms with Gasteiger partial charge in [0.05, 0.1) is 0 Å². The van der Waals surface area contributed by atoms with E-state index in [4.69, 9.17) is 26.6 Å². The van der Waals surface area contributed by atoms with Crippen LogP contribution in [0.25, 0.3) is 0 Å². The van der Waals surface area contributed by atoms with E-state index in [-0.39, 0.29) is 0 Å². The fourth-order valence-electron chi connectivity index (χ4n) is 2.31. The van der Waals surface area contributed by atoms with Gasteiger partial charge in [0.15, 0.2) is 0 Å². The van der Waals surface area contributed by atoms with Gasteiger partial charge in [-0.1, -0.05) is 33.7 Å². The zero-order valence-electron chi connectivity index (χ0n) is 18.2. The van der Waals surface area contributed by atoms with Gasteiger partial charge >= 0.3 is 17.6 Å². The Kier molecular flexibility index (Phi) is 18.4. The minimum absolute atomic E-state index is 0.578. The van der Waals surface area contributed by atoms with E-state index in [0.29, 0.717) is 39.6 Å². The first kappa shape index (κ1) is 28.4. The van der Waals surface area contributed by atoms with Crippen LogP contribution < -0.4 is 0 Å². The maximum absolute atomic E-state index is 5.81. The molecule has 0 bridgehead atoms. The molecule has 0 aromatic rings. The molecule has 0 N–H and O–H groups in total. The van der Waals surface area contributed by atoms with E-state index in [1.54, 1.807) is 21.6 Å². The summed E-state index contributed by atoms with van der Waals surface area (Å²) in [6.45, 7) is 15.2. The van der Waals surface area contributed by atoms with Crippen LogP contribution >= 0.6 is 21.6 Å². The summed E-state index contributed by atoms with van der Waals surface area (Å²) in [6.07, 6.45) is 4.16. The maximum atomic E-state index is 5.81. The van der Waals surface area contributed by atoms with Crippen molar-refractivity contribution in [2.24, 2.45) is 0 Å². The molecule has 0 aromatic carbocycles. The van der Waals surface area contributed by atoms with Crippen molar-refractivity contribution >= 4 is 39.2 Å². The Morgan fingerprint density at radius 2 is 0.750 bits per heavy atom. The second-order valence-corrected chi connectivity index (χ2v) is 12.5. The van der Waals surface area contributed by atoms with Crippen molar-refractivity contribution in [3.63, 3.8) is 0 Å². The van der Waals surface area contributed by atoms with Gasteiger partial charge in [-0.2, -0.15) is 0 Å². The normalized spacial score (nSPS) is 13.2. The van der Waals surface area contributed by atoms with Crippen molar-refractivity contribution < 1.29 is 26.6 Å². The first-order valence-corrected chi connectivity index (χ1v) is 16.1. The molecule has 0 atom stereocenters. The summed E-state index contributed by atoms with van der Waals surface area (Å²) in [4.78, 5) is 0. The SMILES string of the molecule is CCO[Si](C=CCSSCC=C[Si](OCC)(OCC)OCC)(OCC)OCC. The van der Waals surface area contributed by atoms with E-state index in [2.05, 4.69) is 12.2 Å². The molecule has 0 fully saturated rings. The summed E-state index contributed by atoms with van der Waals surface area (Å²) in [5.41, 5.74) is 3.98. The summed E-state index contributed by atoms with van der Waals surface area (Å²) >= 11 is 0. The maximum Gasteiger partial charge on any atom is 0.529 e. The highest BCUT2D eigenvalue weighted by molar-refractivity contribution is 8.76. The molecule has 0 aliphatic heterocycles. The highest BCUT2D eigenvalue weighted by atomic mass is 33.1. The van der Waals surface area contributed by atoms with Gasteiger partial charge in [0.25, 0.3) is 0 Å². The lowest BCUT2D eigenvalue weighted by Gasteiger charge is -2.25. The molecule has 0 rings (SSSR count). The van der Waals surface area contributed by atoms with E-state index >= 15 is 0 Å². The lowest BCUT2D eigenvalue weighted by atomic mass is 10.8. The third kappa shape index (κ3) is 12.2. The molecule has 0 aliphatic rings. The largest absolute Gasteiger partial charge is 0.529 e. The predicted molar refractivity (Wildman–Crippen MR) is 124 cm³/mol. The van der Waals surface area contributed by atoms with Crippen LogP contribution in [0.15, 0.2) is 23.6 Å². The molecule has 0 spiro atoms. The molecule has 6 nitrogen and oxygen atoms in total. The molecule has 0 aliphatic carbocycles. The van der Waals surface area contributed by atoms with Gasteiger partial charge in [-0.15, -0.1) is 0 Å². The zero-order valence-corrected chi connectivity index (χ0v) is 21.9. The Balaban J connectivity index is 4.48. The van der Waals surface area contributed by atoms with Gasteiger partial charge in [-0.25, -0.2) is 0 Å². The van der Waals surface area contributed by atoms with Crippen molar-refractivity contribution in [3.8, 4) is 0 Å². The van der Waals surface area contributed by atoms with E-state index in [1.165, 1.54) is 0 Å². The molecule has 0 saturated heterocycles. The highest BCUT2D eigenvalue weighted by Gasteiger charge is 2.38. The molecule has 0 unspecified atom stereocenters. The molecule has 0 saturated carbocycles. The van der Waals surface area contributed by atoms with Gasteiger partial charge in [0.1, 0.15) is 0 Å². The first-order valence-electron chi connectivity index (χ1n) is 10.0. The topological polar surface area (TPSA) is 55.4 Å². The molecule has 0 amide bonds.